The second-order valence-corrected chi connectivity index (χ2v) is 6.31. The van der Waals surface area contributed by atoms with E-state index in [1.54, 1.807) is 11.8 Å². The minimum absolute atomic E-state index is 0.0905. The first kappa shape index (κ1) is 15.9. The summed E-state index contributed by atoms with van der Waals surface area (Å²) < 4.78 is 0. The van der Waals surface area contributed by atoms with Crippen molar-refractivity contribution in [2.24, 2.45) is 0 Å². The fourth-order valence-electron chi connectivity index (χ4n) is 1.87. The zero-order chi connectivity index (χ0) is 14.4. The zero-order valence-corrected chi connectivity index (χ0v) is 13.0. The van der Waals surface area contributed by atoms with Crippen LogP contribution in [-0.2, 0) is 4.79 Å². The van der Waals surface area contributed by atoms with Gasteiger partial charge in [0.05, 0.1) is 5.25 Å². The molecule has 0 radical (unpaired) electrons. The number of hydrogen-bond donors (Lipinski definition) is 2. The van der Waals surface area contributed by atoms with Gasteiger partial charge in [0, 0.05) is 16.6 Å². The monoisotopic (exact) mass is 280 g/mol. The maximum Gasteiger partial charge on any atom is 0.233 e. The van der Waals surface area contributed by atoms with Crippen LogP contribution >= 0.6 is 11.8 Å². The summed E-state index contributed by atoms with van der Waals surface area (Å²) in [5.74, 6) is 0.0905. The SMILES string of the molecule is CCCC(C)NC(=O)C(C)Sc1cccc(N)c1C. The van der Waals surface area contributed by atoms with Gasteiger partial charge in [0.2, 0.25) is 5.91 Å². The van der Waals surface area contributed by atoms with Crippen LogP contribution in [0.5, 0.6) is 0 Å². The van der Waals surface area contributed by atoms with Crippen molar-refractivity contribution in [1.82, 2.24) is 5.32 Å². The van der Waals surface area contributed by atoms with Gasteiger partial charge in [0.25, 0.3) is 0 Å². The van der Waals surface area contributed by atoms with Gasteiger partial charge in [-0.05, 0) is 44.9 Å². The highest BCUT2D eigenvalue weighted by Gasteiger charge is 2.17. The molecule has 0 aliphatic rings. The third-order valence-electron chi connectivity index (χ3n) is 3.11. The van der Waals surface area contributed by atoms with Crippen LogP contribution in [0.3, 0.4) is 0 Å². The van der Waals surface area contributed by atoms with Crippen LogP contribution in [0.4, 0.5) is 5.69 Å². The number of nitrogen functional groups attached to an aromatic ring is 1. The molecule has 0 spiro atoms. The molecule has 4 heteroatoms. The molecule has 0 aliphatic carbocycles. The highest BCUT2D eigenvalue weighted by molar-refractivity contribution is 8.00. The van der Waals surface area contributed by atoms with E-state index in [1.807, 2.05) is 39.0 Å². The van der Waals surface area contributed by atoms with Gasteiger partial charge in [-0.3, -0.25) is 4.79 Å². The molecule has 1 amide bonds. The molecular weight excluding hydrogens is 256 g/mol. The summed E-state index contributed by atoms with van der Waals surface area (Å²) in [6.07, 6.45) is 2.09. The zero-order valence-electron chi connectivity index (χ0n) is 12.2. The predicted molar refractivity (Wildman–Crippen MR) is 83.4 cm³/mol. The summed E-state index contributed by atoms with van der Waals surface area (Å²) in [4.78, 5) is 13.1. The third-order valence-corrected chi connectivity index (χ3v) is 4.37. The van der Waals surface area contributed by atoms with E-state index >= 15 is 0 Å². The molecule has 0 heterocycles. The van der Waals surface area contributed by atoms with Crippen molar-refractivity contribution >= 4 is 23.4 Å². The Balaban J connectivity index is 2.61. The highest BCUT2D eigenvalue weighted by atomic mass is 32.2. The summed E-state index contributed by atoms with van der Waals surface area (Å²) in [7, 11) is 0. The van der Waals surface area contributed by atoms with Gasteiger partial charge in [0.1, 0.15) is 0 Å². The molecule has 2 atom stereocenters. The van der Waals surface area contributed by atoms with Crippen molar-refractivity contribution in [3.05, 3.63) is 23.8 Å². The van der Waals surface area contributed by atoms with Crippen molar-refractivity contribution in [3.63, 3.8) is 0 Å². The van der Waals surface area contributed by atoms with Gasteiger partial charge < -0.3 is 11.1 Å². The summed E-state index contributed by atoms with van der Waals surface area (Å²) in [6, 6.07) is 6.06. The number of carbonyl (C=O) groups is 1. The molecule has 0 aliphatic heterocycles. The molecule has 2 unspecified atom stereocenters. The summed E-state index contributed by atoms with van der Waals surface area (Å²) in [5, 5.41) is 2.93. The van der Waals surface area contributed by atoms with E-state index in [2.05, 4.69) is 12.2 Å². The van der Waals surface area contributed by atoms with Crippen LogP contribution in [0, 0.1) is 6.92 Å². The average Bonchev–Trinajstić information content (AvgIpc) is 2.35. The summed E-state index contributed by atoms with van der Waals surface area (Å²) in [6.45, 7) is 8.09. The van der Waals surface area contributed by atoms with Crippen LogP contribution in [0.2, 0.25) is 0 Å². The number of hydrogen-bond acceptors (Lipinski definition) is 3. The van der Waals surface area contributed by atoms with Crippen LogP contribution in [0.1, 0.15) is 39.2 Å². The lowest BCUT2D eigenvalue weighted by atomic mass is 10.2. The molecule has 3 N–H and O–H groups in total. The number of thioether (sulfide) groups is 1. The highest BCUT2D eigenvalue weighted by Crippen LogP contribution is 2.29. The lowest BCUT2D eigenvalue weighted by molar-refractivity contribution is -0.120. The van der Waals surface area contributed by atoms with Crippen LogP contribution in [0.15, 0.2) is 23.1 Å². The number of anilines is 1. The van der Waals surface area contributed by atoms with Crippen molar-refractivity contribution in [2.75, 3.05) is 5.73 Å². The van der Waals surface area contributed by atoms with Gasteiger partial charge in [0.15, 0.2) is 0 Å². The maximum atomic E-state index is 12.1. The number of amides is 1. The molecule has 19 heavy (non-hydrogen) atoms. The Bertz CT molecular complexity index is 434. The van der Waals surface area contributed by atoms with Crippen molar-refractivity contribution in [1.29, 1.82) is 0 Å². The standard InChI is InChI=1S/C15H24N2OS/c1-5-7-10(2)17-15(18)12(4)19-14-9-6-8-13(16)11(14)3/h6,8-10,12H,5,7,16H2,1-4H3,(H,17,18). The van der Waals surface area contributed by atoms with E-state index < -0.39 is 0 Å². The Morgan fingerprint density at radius 2 is 2.11 bits per heavy atom. The minimum Gasteiger partial charge on any atom is -0.398 e. The fourth-order valence-corrected chi connectivity index (χ4v) is 2.88. The third kappa shape index (κ3) is 4.78. The van der Waals surface area contributed by atoms with Crippen molar-refractivity contribution < 1.29 is 4.79 Å². The Hall–Kier alpha value is -1.16. The summed E-state index contributed by atoms with van der Waals surface area (Å²) >= 11 is 1.56. The second kappa shape index (κ2) is 7.43. The lowest BCUT2D eigenvalue weighted by Crippen LogP contribution is -2.37. The first-order chi connectivity index (χ1) is 8.95. The molecule has 0 bridgehead atoms. The van der Waals surface area contributed by atoms with E-state index in [-0.39, 0.29) is 17.2 Å². The van der Waals surface area contributed by atoms with Gasteiger partial charge in [-0.15, -0.1) is 11.8 Å². The van der Waals surface area contributed by atoms with Gasteiger partial charge in [-0.2, -0.15) is 0 Å². The van der Waals surface area contributed by atoms with Crippen molar-refractivity contribution in [3.8, 4) is 0 Å². The van der Waals surface area contributed by atoms with Gasteiger partial charge in [-0.1, -0.05) is 19.4 Å². The molecule has 1 rings (SSSR count). The molecule has 1 aromatic carbocycles. The first-order valence-corrected chi connectivity index (χ1v) is 7.65. The van der Waals surface area contributed by atoms with E-state index in [1.165, 1.54) is 0 Å². The minimum atomic E-state index is -0.111. The fraction of sp³-hybridized carbons (Fsp3) is 0.533. The smallest absolute Gasteiger partial charge is 0.233 e. The number of nitrogens with one attached hydrogen (secondary N) is 1. The van der Waals surface area contributed by atoms with Crippen molar-refractivity contribution in [2.45, 2.75) is 56.7 Å². The van der Waals surface area contributed by atoms with E-state index in [0.29, 0.717) is 0 Å². The largest absolute Gasteiger partial charge is 0.398 e. The second-order valence-electron chi connectivity index (χ2n) is 4.93. The Labute approximate surface area is 120 Å². The summed E-state index contributed by atoms with van der Waals surface area (Å²) in [5.41, 5.74) is 7.70. The van der Waals surface area contributed by atoms with Gasteiger partial charge in [-0.25, -0.2) is 0 Å². The number of benzene rings is 1. The molecular formula is C15H24N2OS. The predicted octanol–water partition coefficient (Wildman–Crippen LogP) is 3.36. The normalized spacial score (nSPS) is 13.9. The maximum absolute atomic E-state index is 12.1. The lowest BCUT2D eigenvalue weighted by Gasteiger charge is -2.17. The van der Waals surface area contributed by atoms with E-state index in [4.69, 9.17) is 5.73 Å². The Kier molecular flexibility index (Phi) is 6.22. The van der Waals surface area contributed by atoms with E-state index in [0.717, 1.165) is 29.0 Å². The Morgan fingerprint density at radius 3 is 2.74 bits per heavy atom. The molecule has 3 nitrogen and oxygen atoms in total. The van der Waals surface area contributed by atoms with E-state index in [9.17, 15) is 4.79 Å². The first-order valence-electron chi connectivity index (χ1n) is 6.77. The quantitative estimate of drug-likeness (QED) is 0.620. The number of nitrogens with two attached hydrogens (primary N) is 1. The molecule has 0 saturated carbocycles. The van der Waals surface area contributed by atoms with Gasteiger partial charge >= 0.3 is 0 Å². The molecule has 0 fully saturated rings. The van der Waals surface area contributed by atoms with Crippen LogP contribution < -0.4 is 11.1 Å². The average molecular weight is 280 g/mol. The topological polar surface area (TPSA) is 55.1 Å². The molecule has 0 saturated heterocycles. The Morgan fingerprint density at radius 1 is 1.42 bits per heavy atom. The van der Waals surface area contributed by atoms with Crippen LogP contribution in [0.25, 0.3) is 0 Å². The number of rotatable bonds is 6. The van der Waals surface area contributed by atoms with Crippen LogP contribution in [-0.4, -0.2) is 17.2 Å². The molecule has 1 aromatic rings. The number of carbonyl (C=O) groups excluding carboxylic acids is 1. The molecule has 106 valence electrons. The molecule has 0 aromatic heterocycles.